The lowest BCUT2D eigenvalue weighted by molar-refractivity contribution is 0.818. The van der Waals surface area contributed by atoms with Crippen LogP contribution in [0.15, 0.2) is 56.1 Å². The Hall–Kier alpha value is -3.13. The number of rotatable bonds is 5. The van der Waals surface area contributed by atoms with Gasteiger partial charge in [0.2, 0.25) is 5.95 Å². The number of hydrogen-bond donors (Lipinski definition) is 2. The van der Waals surface area contributed by atoms with Gasteiger partial charge in [-0.15, -0.1) is 0 Å². The first kappa shape index (κ1) is 18.7. The molecule has 0 aliphatic carbocycles. The Bertz CT molecular complexity index is 1150. The van der Waals surface area contributed by atoms with Crippen LogP contribution in [0.25, 0.3) is 11.2 Å². The zero-order valence-electron chi connectivity index (χ0n) is 15.2. The van der Waals surface area contributed by atoms with Crippen LogP contribution in [0.4, 0.5) is 5.95 Å². The molecule has 2 heterocycles. The van der Waals surface area contributed by atoms with Gasteiger partial charge in [-0.2, -0.15) is 10.1 Å². The summed E-state index contributed by atoms with van der Waals surface area (Å²) in [7, 11) is 1.54. The van der Waals surface area contributed by atoms with E-state index >= 15 is 0 Å². The van der Waals surface area contributed by atoms with Crippen molar-refractivity contribution in [1.82, 2.24) is 19.1 Å². The molecule has 0 fully saturated rings. The zero-order chi connectivity index (χ0) is 19.6. The molecule has 27 heavy (non-hydrogen) atoms. The third kappa shape index (κ3) is 3.85. The van der Waals surface area contributed by atoms with E-state index in [1.807, 2.05) is 37.3 Å². The number of anilines is 1. The van der Waals surface area contributed by atoms with Crippen molar-refractivity contribution in [2.24, 2.45) is 12.1 Å². The van der Waals surface area contributed by atoms with E-state index in [4.69, 9.17) is 11.6 Å². The highest BCUT2D eigenvalue weighted by Gasteiger charge is 2.16. The number of benzene rings is 1. The summed E-state index contributed by atoms with van der Waals surface area (Å²) in [4.78, 5) is 30.9. The second-order valence-corrected chi connectivity index (χ2v) is 6.60. The van der Waals surface area contributed by atoms with E-state index in [9.17, 15) is 9.59 Å². The van der Waals surface area contributed by atoms with Gasteiger partial charge in [0, 0.05) is 18.6 Å². The Morgan fingerprint density at radius 2 is 2.00 bits per heavy atom. The fraction of sp³-hybridized carbons (Fsp3) is 0.222. The molecule has 3 aromatic rings. The maximum absolute atomic E-state index is 12.3. The van der Waals surface area contributed by atoms with Crippen molar-refractivity contribution in [2.45, 2.75) is 20.4 Å². The molecular formula is C18H19ClN6O2. The monoisotopic (exact) mass is 386 g/mol. The summed E-state index contributed by atoms with van der Waals surface area (Å²) in [5.74, 6) is 0.334. The Balaban J connectivity index is 2.11. The number of nitrogens with one attached hydrogen (secondary N) is 2. The normalized spacial score (nSPS) is 12.6. The molecule has 0 amide bonds. The van der Waals surface area contributed by atoms with E-state index in [0.717, 1.165) is 11.3 Å². The highest BCUT2D eigenvalue weighted by Crippen LogP contribution is 2.16. The first-order valence-corrected chi connectivity index (χ1v) is 8.64. The van der Waals surface area contributed by atoms with Crippen LogP contribution in [0, 0.1) is 0 Å². The number of hydrogen-bond acceptors (Lipinski definition) is 5. The summed E-state index contributed by atoms with van der Waals surface area (Å²) in [6.45, 7) is 3.90. The Kier molecular flexibility index (Phi) is 5.27. The number of halogens is 1. The molecule has 0 spiro atoms. The van der Waals surface area contributed by atoms with E-state index < -0.39 is 11.2 Å². The Morgan fingerprint density at radius 3 is 2.67 bits per heavy atom. The van der Waals surface area contributed by atoms with Crippen LogP contribution < -0.4 is 16.7 Å². The first-order chi connectivity index (χ1) is 12.9. The smallest absolute Gasteiger partial charge is 0.299 e. The average molecular weight is 387 g/mol. The summed E-state index contributed by atoms with van der Waals surface area (Å²) >= 11 is 5.94. The minimum absolute atomic E-state index is 0.263. The van der Waals surface area contributed by atoms with Crippen LogP contribution in [-0.4, -0.2) is 24.8 Å². The van der Waals surface area contributed by atoms with Crippen molar-refractivity contribution < 1.29 is 0 Å². The molecule has 0 aliphatic rings. The van der Waals surface area contributed by atoms with E-state index in [1.165, 1.54) is 4.57 Å². The summed E-state index contributed by atoms with van der Waals surface area (Å²) in [6.07, 6.45) is 1.74. The third-order valence-corrected chi connectivity index (χ3v) is 4.23. The largest absolute Gasteiger partial charge is 0.329 e. The number of allylic oxidation sites excluding steroid dienone is 2. The summed E-state index contributed by atoms with van der Waals surface area (Å²) in [5, 5.41) is 4.94. The SMILES string of the molecule is C/C(Cl)=C/Cn1c(N/N=C(\C)c2ccccc2)nc2c1c(=O)[nH]c(=O)n2C. The maximum atomic E-state index is 12.3. The van der Waals surface area contributed by atoms with E-state index in [0.29, 0.717) is 17.5 Å². The molecule has 2 N–H and O–H groups in total. The molecule has 0 unspecified atom stereocenters. The number of aromatic amines is 1. The van der Waals surface area contributed by atoms with Gasteiger partial charge in [-0.3, -0.25) is 18.9 Å². The summed E-state index contributed by atoms with van der Waals surface area (Å²) in [5.41, 5.74) is 4.08. The van der Waals surface area contributed by atoms with Crippen LogP contribution in [-0.2, 0) is 13.6 Å². The lowest BCUT2D eigenvalue weighted by Gasteiger charge is -2.06. The van der Waals surface area contributed by atoms with Crippen molar-refractivity contribution in [3.05, 3.63) is 67.8 Å². The molecule has 3 rings (SSSR count). The van der Waals surface area contributed by atoms with Crippen LogP contribution in [0.2, 0.25) is 0 Å². The van der Waals surface area contributed by atoms with Gasteiger partial charge in [0.15, 0.2) is 11.2 Å². The van der Waals surface area contributed by atoms with Crippen molar-refractivity contribution in [3.63, 3.8) is 0 Å². The topological polar surface area (TPSA) is 97.1 Å². The van der Waals surface area contributed by atoms with Crippen molar-refractivity contribution >= 4 is 34.4 Å². The quantitative estimate of drug-likeness (QED) is 0.519. The highest BCUT2D eigenvalue weighted by molar-refractivity contribution is 6.29. The molecule has 0 bridgehead atoms. The molecule has 140 valence electrons. The number of imidazole rings is 1. The zero-order valence-corrected chi connectivity index (χ0v) is 15.9. The minimum atomic E-state index is -0.531. The van der Waals surface area contributed by atoms with Crippen LogP contribution in [0.3, 0.4) is 0 Å². The predicted octanol–water partition coefficient (Wildman–Crippen LogP) is 2.40. The van der Waals surface area contributed by atoms with Gasteiger partial charge in [0.1, 0.15) is 0 Å². The standard InChI is InChI=1S/C18H19ClN6O2/c1-11(19)9-10-25-14-15(24(3)18(27)21-16(14)26)20-17(25)23-22-12(2)13-7-5-4-6-8-13/h4-9H,10H2,1-3H3,(H,20,23)(H,21,26,27)/b11-9-,22-12+. The van der Waals surface area contributed by atoms with Gasteiger partial charge in [0.05, 0.1) is 5.71 Å². The fourth-order valence-electron chi connectivity index (χ4n) is 2.59. The second kappa shape index (κ2) is 7.63. The predicted molar refractivity (Wildman–Crippen MR) is 107 cm³/mol. The number of hydrazone groups is 1. The Morgan fingerprint density at radius 1 is 1.30 bits per heavy atom. The highest BCUT2D eigenvalue weighted by atomic mass is 35.5. The molecular weight excluding hydrogens is 368 g/mol. The first-order valence-electron chi connectivity index (χ1n) is 8.26. The third-order valence-electron chi connectivity index (χ3n) is 4.08. The summed E-state index contributed by atoms with van der Waals surface area (Å²) in [6, 6.07) is 9.66. The van der Waals surface area contributed by atoms with Gasteiger partial charge in [-0.05, 0) is 19.4 Å². The number of fused-ring (bicyclic) bond motifs is 1. The molecule has 8 nitrogen and oxygen atoms in total. The molecule has 2 aromatic heterocycles. The minimum Gasteiger partial charge on any atom is -0.299 e. The number of aromatic nitrogens is 4. The van der Waals surface area contributed by atoms with E-state index in [2.05, 4.69) is 20.5 Å². The van der Waals surface area contributed by atoms with Gasteiger partial charge in [-0.1, -0.05) is 48.0 Å². The fourth-order valence-corrected chi connectivity index (χ4v) is 2.66. The summed E-state index contributed by atoms with van der Waals surface area (Å²) < 4.78 is 2.91. The Labute approximate surface area is 159 Å². The molecule has 0 aliphatic heterocycles. The second-order valence-electron chi connectivity index (χ2n) is 6.00. The molecule has 0 radical (unpaired) electrons. The number of H-pyrrole nitrogens is 1. The van der Waals surface area contributed by atoms with Crippen molar-refractivity contribution in [3.8, 4) is 0 Å². The number of aryl methyl sites for hydroxylation is 1. The lowest BCUT2D eigenvalue weighted by Crippen LogP contribution is -2.29. The van der Waals surface area contributed by atoms with Gasteiger partial charge in [-0.25, -0.2) is 10.2 Å². The average Bonchev–Trinajstić information content (AvgIpc) is 3.02. The van der Waals surface area contributed by atoms with E-state index in [1.54, 1.807) is 24.6 Å². The molecule has 0 atom stereocenters. The molecule has 1 aromatic carbocycles. The molecule has 0 saturated heterocycles. The van der Waals surface area contributed by atoms with E-state index in [-0.39, 0.29) is 11.2 Å². The van der Waals surface area contributed by atoms with Gasteiger partial charge < -0.3 is 0 Å². The maximum Gasteiger partial charge on any atom is 0.329 e. The number of nitrogens with zero attached hydrogens (tertiary/aromatic N) is 4. The van der Waals surface area contributed by atoms with Crippen LogP contribution in [0.1, 0.15) is 19.4 Å². The van der Waals surface area contributed by atoms with Crippen molar-refractivity contribution in [1.29, 1.82) is 0 Å². The van der Waals surface area contributed by atoms with Crippen LogP contribution >= 0.6 is 11.6 Å². The van der Waals surface area contributed by atoms with Gasteiger partial charge >= 0.3 is 5.69 Å². The van der Waals surface area contributed by atoms with Crippen molar-refractivity contribution in [2.75, 3.05) is 5.43 Å². The molecule has 9 heteroatoms. The lowest BCUT2D eigenvalue weighted by atomic mass is 10.1. The van der Waals surface area contributed by atoms with Crippen LogP contribution in [0.5, 0.6) is 0 Å². The molecule has 0 saturated carbocycles. The van der Waals surface area contributed by atoms with Gasteiger partial charge in [0.25, 0.3) is 5.56 Å².